The molecule has 4 nitrogen and oxygen atoms in total. The number of hydrogen-bond acceptors (Lipinski definition) is 6. The zero-order valence-corrected chi connectivity index (χ0v) is 18.1. The minimum Gasteiger partial charge on any atom is -0.352 e. The van der Waals surface area contributed by atoms with Crippen molar-refractivity contribution in [2.75, 3.05) is 18.4 Å². The molecule has 3 aromatic heterocycles. The smallest absolute Gasteiger partial charge is 0.165 e. The zero-order valence-electron chi connectivity index (χ0n) is 16.5. The molecule has 1 fully saturated rings. The molecular weight excluding hydrogens is 403 g/mol. The van der Waals surface area contributed by atoms with Crippen LogP contribution in [0.2, 0.25) is 0 Å². The number of likely N-dealkylation sites (tertiary alicyclic amines) is 1. The third-order valence-electron chi connectivity index (χ3n) is 6.02. The molecule has 0 saturated carbocycles. The van der Waals surface area contributed by atoms with E-state index in [1.165, 1.54) is 23.9 Å². The summed E-state index contributed by atoms with van der Waals surface area (Å²) in [4.78, 5) is 13.5. The number of hydrogen-bond donors (Lipinski definition) is 1. The van der Waals surface area contributed by atoms with Gasteiger partial charge in [0.25, 0.3) is 0 Å². The highest BCUT2D eigenvalue weighted by Gasteiger charge is 2.30. The predicted octanol–water partition coefficient (Wildman–Crippen LogP) is 6.38. The Bertz CT molecular complexity index is 1170. The van der Waals surface area contributed by atoms with Gasteiger partial charge >= 0.3 is 0 Å². The average Bonchev–Trinajstić information content (AvgIpc) is 3.37. The number of nitrogens with one attached hydrogen (secondary N) is 1. The summed E-state index contributed by atoms with van der Waals surface area (Å²) in [6, 6.07) is 8.61. The summed E-state index contributed by atoms with van der Waals surface area (Å²) >= 11 is 3.31. The van der Waals surface area contributed by atoms with Gasteiger partial charge in [0, 0.05) is 27.9 Å². The first-order chi connectivity index (χ1) is 14.1. The molecule has 4 aromatic rings. The number of thiazole rings is 1. The van der Waals surface area contributed by atoms with Gasteiger partial charge in [-0.1, -0.05) is 6.92 Å². The maximum absolute atomic E-state index is 14.8. The number of pyridine rings is 1. The topological polar surface area (TPSA) is 41.0 Å². The van der Waals surface area contributed by atoms with Crippen LogP contribution in [-0.2, 0) is 0 Å². The number of thiophene rings is 1. The van der Waals surface area contributed by atoms with Crippen LogP contribution in [0.1, 0.15) is 37.5 Å². The van der Waals surface area contributed by atoms with E-state index in [1.807, 2.05) is 23.7 Å². The quantitative estimate of drug-likeness (QED) is 0.411. The van der Waals surface area contributed by atoms with E-state index in [4.69, 9.17) is 0 Å². The normalized spacial score (nSPS) is 20.5. The molecule has 7 heteroatoms. The van der Waals surface area contributed by atoms with Crippen molar-refractivity contribution in [3.63, 3.8) is 0 Å². The van der Waals surface area contributed by atoms with Crippen molar-refractivity contribution < 1.29 is 4.39 Å². The maximum atomic E-state index is 14.8. The monoisotopic (exact) mass is 426 g/mol. The lowest BCUT2D eigenvalue weighted by Gasteiger charge is -2.38. The molecule has 1 aliphatic rings. The summed E-state index contributed by atoms with van der Waals surface area (Å²) in [5.74, 6) is 0.150. The fourth-order valence-electron chi connectivity index (χ4n) is 4.41. The Morgan fingerprint density at radius 3 is 3.03 bits per heavy atom. The molecule has 29 heavy (non-hydrogen) atoms. The third kappa shape index (κ3) is 3.41. The molecule has 150 valence electrons. The van der Waals surface area contributed by atoms with Gasteiger partial charge in [0.15, 0.2) is 5.82 Å². The summed E-state index contributed by atoms with van der Waals surface area (Å²) in [5, 5.41) is 4.16. The van der Waals surface area contributed by atoms with Crippen LogP contribution in [0.25, 0.3) is 20.4 Å². The van der Waals surface area contributed by atoms with Crippen molar-refractivity contribution >= 4 is 54.5 Å². The van der Waals surface area contributed by atoms with Gasteiger partial charge in [0.2, 0.25) is 0 Å². The van der Waals surface area contributed by atoms with E-state index in [-0.39, 0.29) is 5.82 Å². The second kappa shape index (κ2) is 7.63. The van der Waals surface area contributed by atoms with Gasteiger partial charge in [-0.05, 0) is 57.1 Å². The van der Waals surface area contributed by atoms with E-state index in [0.29, 0.717) is 17.6 Å². The number of anilines is 2. The van der Waals surface area contributed by atoms with Crippen LogP contribution < -0.4 is 5.32 Å². The molecule has 1 aromatic carbocycles. The summed E-state index contributed by atoms with van der Waals surface area (Å²) in [6.07, 6.45) is 3.71. The van der Waals surface area contributed by atoms with Crippen LogP contribution in [0, 0.1) is 5.82 Å². The van der Waals surface area contributed by atoms with Gasteiger partial charge < -0.3 is 10.2 Å². The summed E-state index contributed by atoms with van der Waals surface area (Å²) in [6.45, 7) is 6.77. The first-order valence-electron chi connectivity index (χ1n) is 10.1. The maximum Gasteiger partial charge on any atom is 0.165 e. The van der Waals surface area contributed by atoms with E-state index < -0.39 is 0 Å². The molecule has 0 radical (unpaired) electrons. The van der Waals surface area contributed by atoms with E-state index >= 15 is 0 Å². The molecule has 0 unspecified atom stereocenters. The summed E-state index contributed by atoms with van der Waals surface area (Å²) in [5.41, 5.74) is 4.09. The minimum absolute atomic E-state index is 0.327. The Hall–Kier alpha value is -2.09. The molecule has 5 rings (SSSR count). The largest absolute Gasteiger partial charge is 0.352 e. The Balaban J connectivity index is 1.52. The highest BCUT2D eigenvalue weighted by atomic mass is 32.1. The van der Waals surface area contributed by atoms with E-state index in [1.54, 1.807) is 22.7 Å². The first-order valence-corrected chi connectivity index (χ1v) is 11.8. The zero-order chi connectivity index (χ0) is 20.0. The number of benzene rings is 1. The van der Waals surface area contributed by atoms with Crippen LogP contribution in [0.4, 0.5) is 15.8 Å². The van der Waals surface area contributed by atoms with Gasteiger partial charge in [0.05, 0.1) is 27.6 Å². The van der Waals surface area contributed by atoms with E-state index in [9.17, 15) is 4.39 Å². The predicted molar refractivity (Wildman–Crippen MR) is 121 cm³/mol. The van der Waals surface area contributed by atoms with Crippen molar-refractivity contribution in [2.24, 2.45) is 0 Å². The third-order valence-corrected chi connectivity index (χ3v) is 8.01. The van der Waals surface area contributed by atoms with Crippen LogP contribution in [0.3, 0.4) is 0 Å². The number of halogens is 1. The Labute approximate surface area is 177 Å². The molecule has 0 amide bonds. The molecule has 1 aliphatic heterocycles. The van der Waals surface area contributed by atoms with Crippen molar-refractivity contribution in [3.8, 4) is 0 Å². The Morgan fingerprint density at radius 1 is 1.28 bits per heavy atom. The fraction of sp³-hybridized carbons (Fsp3) is 0.364. The van der Waals surface area contributed by atoms with Crippen molar-refractivity contribution in [1.29, 1.82) is 0 Å². The highest BCUT2D eigenvalue weighted by molar-refractivity contribution is 7.18. The second-order valence-electron chi connectivity index (χ2n) is 7.63. The van der Waals surface area contributed by atoms with Gasteiger partial charge in [-0.3, -0.25) is 0 Å². The lowest BCUT2D eigenvalue weighted by molar-refractivity contribution is 0.148. The minimum atomic E-state index is -0.327. The van der Waals surface area contributed by atoms with Gasteiger partial charge in [-0.15, -0.1) is 22.7 Å². The number of rotatable bonds is 4. The van der Waals surface area contributed by atoms with E-state index in [0.717, 1.165) is 39.2 Å². The molecule has 0 aliphatic carbocycles. The van der Waals surface area contributed by atoms with Gasteiger partial charge in [-0.2, -0.15) is 0 Å². The number of piperidine rings is 1. The van der Waals surface area contributed by atoms with Crippen LogP contribution >= 0.6 is 22.7 Å². The molecule has 2 atom stereocenters. The number of fused-ring (bicyclic) bond motifs is 2. The fourth-order valence-corrected chi connectivity index (χ4v) is 6.31. The summed E-state index contributed by atoms with van der Waals surface area (Å²) in [7, 11) is 0. The molecule has 0 bridgehead atoms. The van der Waals surface area contributed by atoms with Gasteiger partial charge in [0.1, 0.15) is 4.83 Å². The molecule has 0 spiro atoms. The first kappa shape index (κ1) is 18.9. The Morgan fingerprint density at radius 2 is 2.17 bits per heavy atom. The number of nitrogens with zero attached hydrogens (tertiary/aromatic N) is 3. The van der Waals surface area contributed by atoms with Gasteiger partial charge in [-0.25, -0.2) is 14.4 Å². The summed E-state index contributed by atoms with van der Waals surface area (Å²) < 4.78 is 15.9. The number of likely N-dealkylation sites (N-methyl/N-ethyl adjacent to an activating group) is 1. The lowest BCUT2D eigenvalue weighted by Crippen LogP contribution is -2.41. The molecule has 4 heterocycles. The second-order valence-corrected chi connectivity index (χ2v) is 9.58. The molecular formula is C22H23FN4S2. The van der Waals surface area contributed by atoms with E-state index in [2.05, 4.69) is 40.1 Å². The van der Waals surface area contributed by atoms with Crippen LogP contribution in [0.15, 0.2) is 36.0 Å². The van der Waals surface area contributed by atoms with Crippen LogP contribution in [0.5, 0.6) is 0 Å². The van der Waals surface area contributed by atoms with Crippen molar-refractivity contribution in [3.05, 3.63) is 46.7 Å². The molecule has 1 saturated heterocycles. The molecule has 1 N–H and O–H groups in total. The van der Waals surface area contributed by atoms with Crippen LogP contribution in [-0.4, -0.2) is 34.0 Å². The standard InChI is InChI=1S/C22H23FN4S2/c1-3-27-8-4-5-15(13(27)2)20-10-16-21(17(23)11-24-22(16)29-20)26-14-6-7-19-18(9-14)25-12-28-19/h6-7,9-13,15H,3-5,8H2,1-2H3,(H,24,26)/t13-,15-/m0/s1. The lowest BCUT2D eigenvalue weighted by atomic mass is 9.89. The average molecular weight is 427 g/mol. The Kier molecular flexibility index (Phi) is 4.97. The van der Waals surface area contributed by atoms with Crippen molar-refractivity contribution in [2.45, 2.75) is 38.6 Å². The SMILES string of the molecule is CCN1CCC[C@H](c2cc3c(Nc4ccc5scnc5c4)c(F)cnc3s2)[C@@H]1C. The number of aromatic nitrogens is 2. The van der Waals surface area contributed by atoms with Crippen molar-refractivity contribution in [1.82, 2.24) is 14.9 Å². The highest BCUT2D eigenvalue weighted by Crippen LogP contribution is 2.41.